The van der Waals surface area contributed by atoms with Crippen molar-refractivity contribution in [2.75, 3.05) is 13.2 Å². The minimum Gasteiger partial charge on any atom is -0.462 e. The molecule has 3 rings (SSSR count). The van der Waals surface area contributed by atoms with Crippen molar-refractivity contribution in [1.82, 2.24) is 0 Å². The van der Waals surface area contributed by atoms with Crippen LogP contribution in [0.3, 0.4) is 0 Å². The lowest BCUT2D eigenvalue weighted by molar-refractivity contribution is -0.228. The fraction of sp³-hybridized carbons (Fsp3) is 0.429. The van der Waals surface area contributed by atoms with Crippen LogP contribution in [-0.2, 0) is 47.6 Å². The molecule has 38 heavy (non-hydrogen) atoms. The van der Waals surface area contributed by atoms with Crippen molar-refractivity contribution in [1.29, 1.82) is 0 Å². The Bertz CT molecular complexity index is 1070. The van der Waals surface area contributed by atoms with Gasteiger partial charge in [-0.1, -0.05) is 60.7 Å². The Kier molecular flexibility index (Phi) is 9.24. The zero-order valence-electron chi connectivity index (χ0n) is 22.0. The maximum absolute atomic E-state index is 13.6. The molecule has 0 aliphatic carbocycles. The maximum atomic E-state index is 13.6. The minimum atomic E-state index is -2.83. The van der Waals surface area contributed by atoms with Gasteiger partial charge in [0.25, 0.3) is 0 Å². The molecule has 1 aliphatic rings. The van der Waals surface area contributed by atoms with E-state index >= 15 is 0 Å². The summed E-state index contributed by atoms with van der Waals surface area (Å²) in [4.78, 5) is 52.5. The molecule has 2 aromatic carbocycles. The third-order valence-electron chi connectivity index (χ3n) is 5.26. The van der Waals surface area contributed by atoms with Gasteiger partial charge in [-0.2, -0.15) is 0 Å². The van der Waals surface area contributed by atoms with E-state index in [4.69, 9.17) is 28.4 Å². The summed E-state index contributed by atoms with van der Waals surface area (Å²) in [6.45, 7) is 7.57. The van der Waals surface area contributed by atoms with Gasteiger partial charge in [0.1, 0.15) is 5.60 Å². The van der Waals surface area contributed by atoms with E-state index in [1.807, 2.05) is 12.1 Å². The average molecular weight is 529 g/mol. The molecule has 1 fully saturated rings. The second kappa shape index (κ2) is 12.2. The van der Waals surface area contributed by atoms with E-state index in [2.05, 4.69) is 0 Å². The molecule has 0 amide bonds. The Labute approximate surface area is 221 Å². The van der Waals surface area contributed by atoms with Gasteiger partial charge in [0.2, 0.25) is 0 Å². The summed E-state index contributed by atoms with van der Waals surface area (Å²) in [6, 6.07) is 17.8. The molecule has 10 nitrogen and oxygen atoms in total. The smallest absolute Gasteiger partial charge is 0.379 e. The predicted octanol–water partition coefficient (Wildman–Crippen LogP) is 3.27. The highest BCUT2D eigenvalue weighted by Gasteiger charge is 2.66. The lowest BCUT2D eigenvalue weighted by Crippen LogP contribution is -2.51. The third kappa shape index (κ3) is 6.56. The van der Waals surface area contributed by atoms with Crippen molar-refractivity contribution < 1.29 is 47.6 Å². The Balaban J connectivity index is 2.02. The van der Waals surface area contributed by atoms with Crippen LogP contribution in [0.15, 0.2) is 60.7 Å². The summed E-state index contributed by atoms with van der Waals surface area (Å²) in [5.74, 6) is -7.47. The number of esters is 4. The molecule has 2 aromatic rings. The van der Waals surface area contributed by atoms with E-state index in [1.165, 1.54) is 13.8 Å². The summed E-state index contributed by atoms with van der Waals surface area (Å²) in [5.41, 5.74) is 0.300. The van der Waals surface area contributed by atoms with Gasteiger partial charge in [0, 0.05) is 0 Å². The van der Waals surface area contributed by atoms with Crippen LogP contribution in [0.1, 0.15) is 51.8 Å². The third-order valence-corrected chi connectivity index (χ3v) is 5.26. The number of hydrogen-bond donors (Lipinski definition) is 0. The SMILES string of the molecule is CCOC(=O)C1(C(=O)OCC)O[C@H](C(=O)OC(c2ccccc2)c2ccccc2)[C@@H](C(=O)OC(C)(C)C)O1. The van der Waals surface area contributed by atoms with Gasteiger partial charge < -0.3 is 28.4 Å². The summed E-state index contributed by atoms with van der Waals surface area (Å²) in [5, 5.41) is 0. The standard InChI is InChI=1S/C28H32O10/c1-6-33-25(31)28(26(32)34-7-2)36-21(22(37-28)24(30)38-27(3,4)5)23(29)35-20(18-14-10-8-11-15-18)19-16-12-9-13-17-19/h8-17,20-22H,6-7H2,1-5H3/t21-,22-/m0/s1. The summed E-state index contributed by atoms with van der Waals surface area (Å²) in [7, 11) is 0. The summed E-state index contributed by atoms with van der Waals surface area (Å²) >= 11 is 0. The molecule has 204 valence electrons. The zero-order chi connectivity index (χ0) is 27.9. The van der Waals surface area contributed by atoms with Crippen molar-refractivity contribution in [2.24, 2.45) is 0 Å². The number of ether oxygens (including phenoxy) is 6. The zero-order valence-corrected chi connectivity index (χ0v) is 22.0. The van der Waals surface area contributed by atoms with Crippen molar-refractivity contribution in [3.63, 3.8) is 0 Å². The van der Waals surface area contributed by atoms with Crippen LogP contribution in [0, 0.1) is 0 Å². The first-order valence-corrected chi connectivity index (χ1v) is 12.3. The van der Waals surface area contributed by atoms with Gasteiger partial charge in [-0.15, -0.1) is 0 Å². The Morgan fingerprint density at radius 1 is 0.763 bits per heavy atom. The highest BCUT2D eigenvalue weighted by Crippen LogP contribution is 2.36. The van der Waals surface area contributed by atoms with Gasteiger partial charge in [-0.05, 0) is 45.7 Å². The largest absolute Gasteiger partial charge is 0.462 e. The quantitative estimate of drug-likeness (QED) is 0.272. The van der Waals surface area contributed by atoms with E-state index in [-0.39, 0.29) is 13.2 Å². The first kappa shape index (κ1) is 28.8. The highest BCUT2D eigenvalue weighted by molar-refractivity contribution is 6.03. The van der Waals surface area contributed by atoms with E-state index in [0.29, 0.717) is 11.1 Å². The fourth-order valence-corrected chi connectivity index (χ4v) is 3.71. The molecule has 0 N–H and O–H groups in total. The highest BCUT2D eigenvalue weighted by atomic mass is 16.8. The number of benzene rings is 2. The van der Waals surface area contributed by atoms with Gasteiger partial charge in [-0.3, -0.25) is 0 Å². The normalized spacial score (nSPS) is 18.5. The van der Waals surface area contributed by atoms with Gasteiger partial charge >= 0.3 is 29.7 Å². The number of hydrogen-bond acceptors (Lipinski definition) is 10. The predicted molar refractivity (Wildman–Crippen MR) is 132 cm³/mol. The van der Waals surface area contributed by atoms with E-state index in [9.17, 15) is 19.2 Å². The first-order chi connectivity index (χ1) is 18.0. The molecule has 0 saturated carbocycles. The van der Waals surface area contributed by atoms with Gasteiger partial charge in [-0.25, -0.2) is 19.2 Å². The molecule has 10 heteroatoms. The molecular weight excluding hydrogens is 496 g/mol. The summed E-state index contributed by atoms with van der Waals surface area (Å²) < 4.78 is 32.4. The van der Waals surface area contributed by atoms with Crippen LogP contribution in [0.5, 0.6) is 0 Å². The molecule has 0 unspecified atom stereocenters. The average Bonchev–Trinajstić information content (AvgIpc) is 3.30. The Hall–Kier alpha value is -3.76. The van der Waals surface area contributed by atoms with Crippen molar-refractivity contribution in [3.05, 3.63) is 71.8 Å². The number of carbonyl (C=O) groups is 4. The Morgan fingerprint density at radius 2 is 1.18 bits per heavy atom. The van der Waals surface area contributed by atoms with Crippen molar-refractivity contribution in [2.45, 2.75) is 64.3 Å². The fourth-order valence-electron chi connectivity index (χ4n) is 3.71. The van der Waals surface area contributed by atoms with E-state index in [1.54, 1.807) is 69.3 Å². The van der Waals surface area contributed by atoms with E-state index in [0.717, 1.165) is 0 Å². The molecule has 2 atom stereocenters. The minimum absolute atomic E-state index is 0.136. The van der Waals surface area contributed by atoms with Gasteiger partial charge in [0.05, 0.1) is 13.2 Å². The molecule has 1 heterocycles. The number of rotatable bonds is 9. The van der Waals surface area contributed by atoms with E-state index < -0.39 is 53.6 Å². The molecule has 0 aromatic heterocycles. The van der Waals surface area contributed by atoms with Gasteiger partial charge in [0.15, 0.2) is 18.3 Å². The van der Waals surface area contributed by atoms with Crippen LogP contribution in [-0.4, -0.2) is 60.7 Å². The topological polar surface area (TPSA) is 124 Å². The molecule has 1 aliphatic heterocycles. The van der Waals surface area contributed by atoms with Crippen molar-refractivity contribution in [3.8, 4) is 0 Å². The van der Waals surface area contributed by atoms with Crippen LogP contribution in [0.2, 0.25) is 0 Å². The summed E-state index contributed by atoms with van der Waals surface area (Å²) in [6.07, 6.45) is -4.58. The lowest BCUT2D eigenvalue weighted by atomic mass is 10.0. The monoisotopic (exact) mass is 528 g/mol. The van der Waals surface area contributed by atoms with Crippen LogP contribution in [0.4, 0.5) is 0 Å². The second-order valence-electron chi connectivity index (χ2n) is 9.31. The van der Waals surface area contributed by atoms with Crippen LogP contribution >= 0.6 is 0 Å². The number of carbonyl (C=O) groups excluding carboxylic acids is 4. The van der Waals surface area contributed by atoms with Crippen LogP contribution < -0.4 is 0 Å². The van der Waals surface area contributed by atoms with Crippen molar-refractivity contribution >= 4 is 23.9 Å². The Morgan fingerprint density at radius 3 is 1.58 bits per heavy atom. The first-order valence-electron chi connectivity index (χ1n) is 12.3. The second-order valence-corrected chi connectivity index (χ2v) is 9.31. The molecule has 0 radical (unpaired) electrons. The molecule has 0 bridgehead atoms. The maximum Gasteiger partial charge on any atom is 0.379 e. The molecule has 1 saturated heterocycles. The lowest BCUT2D eigenvalue weighted by Gasteiger charge is -2.24. The van der Waals surface area contributed by atoms with Crippen LogP contribution in [0.25, 0.3) is 0 Å². The molecule has 0 spiro atoms. The molecular formula is C28H32O10.